The zero-order chi connectivity index (χ0) is 13.3. The number of nitrogens with zero attached hydrogens (tertiary/aromatic N) is 4. The van der Waals surface area contributed by atoms with Crippen LogP contribution >= 0.6 is 0 Å². The van der Waals surface area contributed by atoms with Crippen LogP contribution in [0.3, 0.4) is 0 Å². The van der Waals surface area contributed by atoms with Gasteiger partial charge in [0.15, 0.2) is 0 Å². The number of hydrogen-bond donors (Lipinski definition) is 0. The Morgan fingerprint density at radius 1 is 0.765 bits per heavy atom. The smallest absolute Gasteiger partial charge is 0.151 e. The summed E-state index contributed by atoms with van der Waals surface area (Å²) in [7, 11) is 12.8. The average molecular weight is 253 g/mol. The lowest BCUT2D eigenvalue weighted by Gasteiger charge is -2.36. The summed E-state index contributed by atoms with van der Waals surface area (Å²) in [5.74, 6) is 0. The molecule has 0 aromatic rings. The number of rotatable bonds is 0. The van der Waals surface area contributed by atoms with Gasteiger partial charge < -0.3 is 0 Å². The van der Waals surface area contributed by atoms with Gasteiger partial charge in [-0.05, 0) is 9.75 Å². The molecular weight excluding hydrogens is 228 g/mol. The predicted molar refractivity (Wildman–Crippen MR) is 58.2 cm³/mol. The number of hydrogen-bond acceptors (Lipinski definition) is 5. The monoisotopic (exact) mass is 253 g/mol. The van der Waals surface area contributed by atoms with Crippen molar-refractivity contribution in [1.82, 2.24) is 5.23 Å². The van der Waals surface area contributed by atoms with E-state index >= 15 is 0 Å². The van der Waals surface area contributed by atoms with Gasteiger partial charge in [-0.15, -0.1) is 14.3 Å². The first-order chi connectivity index (χ1) is 7.52. The molecule has 0 N–H and O–H groups in total. The van der Waals surface area contributed by atoms with Crippen LogP contribution in [0.2, 0.25) is 0 Å². The lowest BCUT2D eigenvalue weighted by atomic mass is 10.8. The Labute approximate surface area is 103 Å². The molecule has 1 heterocycles. The highest BCUT2D eigenvalue weighted by Gasteiger charge is 2.36. The van der Waals surface area contributed by atoms with Crippen molar-refractivity contribution in [2.45, 2.75) is 0 Å². The summed E-state index contributed by atoms with van der Waals surface area (Å²) in [5.41, 5.74) is 0. The first kappa shape index (κ1) is 14.7. The maximum Gasteiger partial charge on any atom is 0.268 e. The van der Waals surface area contributed by atoms with Crippen molar-refractivity contribution in [2.75, 3.05) is 62.8 Å². The van der Waals surface area contributed by atoms with Gasteiger partial charge in [0.1, 0.15) is 42.3 Å². The summed E-state index contributed by atoms with van der Waals surface area (Å²) >= 11 is 0. The van der Waals surface area contributed by atoms with Gasteiger partial charge in [0, 0.05) is 5.23 Å². The molecule has 102 valence electrons. The lowest BCUT2D eigenvalue weighted by molar-refractivity contribution is -1.30. The molecule has 8 nitrogen and oxygen atoms in total. The molecule has 17 heavy (non-hydrogen) atoms. The fourth-order valence-corrected chi connectivity index (χ4v) is 1.26. The fraction of sp³-hybridized carbons (Fsp3) is 1.00. The third-order valence-corrected chi connectivity index (χ3v) is 2.05. The Hall–Kier alpha value is -0.320. The van der Waals surface area contributed by atoms with Crippen LogP contribution in [0.5, 0.6) is 0 Å². The Balaban J connectivity index is 2.79. The van der Waals surface area contributed by atoms with Gasteiger partial charge in [-0.1, -0.05) is 4.94 Å². The van der Waals surface area contributed by atoms with Crippen LogP contribution in [0.15, 0.2) is 0 Å². The van der Waals surface area contributed by atoms with E-state index in [1.807, 2.05) is 28.2 Å². The van der Waals surface area contributed by atoms with Crippen LogP contribution in [0.25, 0.3) is 0 Å². The van der Waals surface area contributed by atoms with Crippen LogP contribution in [-0.4, -0.2) is 82.1 Å². The van der Waals surface area contributed by atoms with Crippen LogP contribution < -0.4 is 0 Å². The molecule has 0 atom stereocenters. The minimum absolute atomic E-state index is 0.110. The van der Waals surface area contributed by atoms with E-state index in [0.29, 0.717) is 13.5 Å². The molecule has 0 radical (unpaired) electrons. The van der Waals surface area contributed by atoms with Crippen molar-refractivity contribution in [3.8, 4) is 0 Å². The molecule has 1 aliphatic rings. The normalized spacial score (nSPS) is 29.8. The van der Waals surface area contributed by atoms with Gasteiger partial charge in [-0.2, -0.15) is 4.65 Å². The standard InChI is InChI=1S/C9H25N4O4/c1-10-16-12(4,5)9-14-11(2,3)8-15-13(6,7)17-10/h8-9H2,1-7H3/q+3. The van der Waals surface area contributed by atoms with E-state index in [1.54, 1.807) is 21.1 Å². The highest BCUT2D eigenvalue weighted by atomic mass is 17.2. The molecule has 0 aliphatic carbocycles. The highest BCUT2D eigenvalue weighted by molar-refractivity contribution is 4.01. The maximum atomic E-state index is 5.73. The van der Waals surface area contributed by atoms with Crippen LogP contribution in [0.1, 0.15) is 0 Å². The molecule has 1 fully saturated rings. The van der Waals surface area contributed by atoms with Crippen LogP contribution in [0.4, 0.5) is 0 Å². The second-order valence-corrected chi connectivity index (χ2v) is 5.52. The third kappa shape index (κ3) is 5.23. The SMILES string of the molecule is CN1O[N+](C)(C)CO[N+](C)(C)CO[N+](C)(C)O1. The van der Waals surface area contributed by atoms with Crippen molar-refractivity contribution in [1.29, 1.82) is 0 Å². The molecule has 0 bridgehead atoms. The Kier molecular flexibility index (Phi) is 4.12. The fourth-order valence-electron chi connectivity index (χ4n) is 1.26. The third-order valence-electron chi connectivity index (χ3n) is 2.05. The van der Waals surface area contributed by atoms with E-state index in [1.165, 1.54) is 5.23 Å². The van der Waals surface area contributed by atoms with Gasteiger partial charge in [0.05, 0.1) is 7.05 Å². The van der Waals surface area contributed by atoms with Crippen molar-refractivity contribution >= 4 is 0 Å². The summed E-state index contributed by atoms with van der Waals surface area (Å²) in [5, 5.41) is 1.27. The topological polar surface area (TPSA) is 40.2 Å². The van der Waals surface area contributed by atoms with E-state index in [4.69, 9.17) is 19.6 Å². The molecule has 0 saturated carbocycles. The Morgan fingerprint density at radius 2 is 1.29 bits per heavy atom. The average Bonchev–Trinajstić information content (AvgIpc) is 2.10. The van der Waals surface area contributed by atoms with Gasteiger partial charge >= 0.3 is 0 Å². The summed E-state index contributed by atoms with van der Waals surface area (Å²) in [6.07, 6.45) is 0. The maximum absolute atomic E-state index is 5.73. The van der Waals surface area contributed by atoms with Gasteiger partial charge in [0.25, 0.3) is 13.5 Å². The lowest BCUT2D eigenvalue weighted by Crippen LogP contribution is -2.58. The van der Waals surface area contributed by atoms with E-state index in [2.05, 4.69) is 0 Å². The van der Waals surface area contributed by atoms with E-state index in [9.17, 15) is 0 Å². The quantitative estimate of drug-likeness (QED) is 0.551. The van der Waals surface area contributed by atoms with E-state index < -0.39 is 0 Å². The summed E-state index contributed by atoms with van der Waals surface area (Å²) in [6, 6.07) is 0. The summed E-state index contributed by atoms with van der Waals surface area (Å²) in [4.78, 5) is 22.3. The van der Waals surface area contributed by atoms with E-state index in [-0.39, 0.29) is 14.1 Å². The zero-order valence-electron chi connectivity index (χ0n) is 11.8. The Bertz CT molecular complexity index is 246. The van der Waals surface area contributed by atoms with Gasteiger partial charge in [-0.3, -0.25) is 0 Å². The van der Waals surface area contributed by atoms with Crippen molar-refractivity contribution in [3.05, 3.63) is 0 Å². The summed E-state index contributed by atoms with van der Waals surface area (Å²) < 4.78 is 0.456. The first-order valence-corrected chi connectivity index (χ1v) is 5.44. The second-order valence-electron chi connectivity index (χ2n) is 5.52. The molecule has 0 aromatic carbocycles. The van der Waals surface area contributed by atoms with Crippen molar-refractivity contribution in [3.63, 3.8) is 0 Å². The molecule has 0 spiro atoms. The minimum Gasteiger partial charge on any atom is -0.151 e. The van der Waals surface area contributed by atoms with Crippen LogP contribution in [0, 0.1) is 0 Å². The predicted octanol–water partition coefficient (Wildman–Crippen LogP) is -0.368. The molecule has 0 aromatic heterocycles. The highest BCUT2D eigenvalue weighted by Crippen LogP contribution is 2.14. The second kappa shape index (κ2) is 4.75. The van der Waals surface area contributed by atoms with Crippen molar-refractivity contribution < 1.29 is 33.7 Å². The number of quaternary nitrogens is 3. The van der Waals surface area contributed by atoms with E-state index in [0.717, 1.165) is 0 Å². The largest absolute Gasteiger partial charge is 0.268 e. The molecule has 1 aliphatic heterocycles. The minimum atomic E-state index is -0.110. The molecular formula is C9H25N4O4+3. The molecule has 0 unspecified atom stereocenters. The number of hydroxylamine groups is 12. The van der Waals surface area contributed by atoms with Crippen molar-refractivity contribution in [2.24, 2.45) is 0 Å². The molecule has 8 heteroatoms. The first-order valence-electron chi connectivity index (χ1n) is 5.44. The summed E-state index contributed by atoms with van der Waals surface area (Å²) in [6.45, 7) is 0.734. The Morgan fingerprint density at radius 3 is 1.88 bits per heavy atom. The molecule has 1 saturated heterocycles. The molecule has 0 amide bonds. The zero-order valence-corrected chi connectivity index (χ0v) is 11.8. The van der Waals surface area contributed by atoms with Crippen LogP contribution in [-0.2, 0) is 19.6 Å². The van der Waals surface area contributed by atoms with Gasteiger partial charge in [-0.25, -0.2) is 0 Å². The van der Waals surface area contributed by atoms with Gasteiger partial charge in [0.2, 0.25) is 0 Å². The molecule has 1 rings (SSSR count).